The minimum atomic E-state index is 0.285. The summed E-state index contributed by atoms with van der Waals surface area (Å²) in [6, 6.07) is 9.38. The van der Waals surface area contributed by atoms with Crippen molar-refractivity contribution in [1.29, 1.82) is 5.41 Å². The van der Waals surface area contributed by atoms with Gasteiger partial charge in [0.15, 0.2) is 0 Å². The fourth-order valence-electron chi connectivity index (χ4n) is 4.01. The Morgan fingerprint density at radius 3 is 2.66 bits per heavy atom. The molecule has 0 saturated carbocycles. The smallest absolute Gasteiger partial charge is 0.129 e. The number of allylic oxidation sites excluding steroid dienone is 1. The number of pyridine rings is 1. The standard InChI is InChI=1S/C22H26N6O/c1-26-11-16(10-23)14-2-5-20(24)19(8-14)22(25)15-6-7-27-21(9-15)28-12-17-3-4-18(13-28)29-17/h2,5-11,17-18,25H,3-4,12-13,23-24H2,1H3. The molecule has 5 N–H and O–H groups in total. The van der Waals surface area contributed by atoms with Crippen molar-refractivity contribution in [2.45, 2.75) is 25.0 Å². The highest BCUT2D eigenvalue weighted by molar-refractivity contribution is 6.16. The number of aliphatic imine (C=N–C) groups is 1. The number of morpholine rings is 1. The molecule has 2 aromatic rings. The number of rotatable bonds is 5. The monoisotopic (exact) mass is 390 g/mol. The molecule has 0 radical (unpaired) electrons. The van der Waals surface area contributed by atoms with Crippen LogP contribution >= 0.6 is 0 Å². The average molecular weight is 390 g/mol. The van der Waals surface area contributed by atoms with Crippen molar-refractivity contribution < 1.29 is 4.74 Å². The third kappa shape index (κ3) is 3.86. The highest BCUT2D eigenvalue weighted by atomic mass is 16.5. The zero-order chi connectivity index (χ0) is 20.4. The van der Waals surface area contributed by atoms with Crippen LogP contribution in [0.5, 0.6) is 0 Å². The molecule has 2 fully saturated rings. The Kier molecular flexibility index (Phi) is 5.31. The van der Waals surface area contributed by atoms with Crippen molar-refractivity contribution in [1.82, 2.24) is 4.98 Å². The van der Waals surface area contributed by atoms with E-state index in [1.54, 1.807) is 25.5 Å². The van der Waals surface area contributed by atoms with E-state index in [1.165, 1.54) is 6.20 Å². The van der Waals surface area contributed by atoms with Gasteiger partial charge in [0, 0.05) is 61.1 Å². The van der Waals surface area contributed by atoms with Crippen LogP contribution in [-0.4, -0.2) is 49.3 Å². The second-order valence-electron chi connectivity index (χ2n) is 7.45. The number of nitrogens with zero attached hydrogens (tertiary/aromatic N) is 3. The molecule has 1 aromatic carbocycles. The molecule has 4 rings (SSSR count). The van der Waals surface area contributed by atoms with E-state index in [9.17, 15) is 0 Å². The number of aromatic nitrogens is 1. The van der Waals surface area contributed by atoms with Crippen LogP contribution in [0.4, 0.5) is 11.5 Å². The molecule has 2 saturated heterocycles. The van der Waals surface area contributed by atoms with Crippen molar-refractivity contribution in [2.24, 2.45) is 10.7 Å². The summed E-state index contributed by atoms with van der Waals surface area (Å²) in [6.07, 6.45) is 7.74. The first-order valence-corrected chi connectivity index (χ1v) is 9.78. The van der Waals surface area contributed by atoms with E-state index < -0.39 is 0 Å². The van der Waals surface area contributed by atoms with Crippen LogP contribution in [0.3, 0.4) is 0 Å². The molecular weight excluding hydrogens is 364 g/mol. The Morgan fingerprint density at radius 2 is 1.97 bits per heavy atom. The molecule has 0 amide bonds. The number of nitrogen functional groups attached to an aromatic ring is 1. The SMILES string of the molecule is CN=CC(=CN)c1ccc(N)c(C(=N)c2ccnc(N3CC4CCC(C3)O4)c2)c1. The van der Waals surface area contributed by atoms with E-state index >= 15 is 0 Å². The Labute approximate surface area is 170 Å². The lowest BCUT2D eigenvalue weighted by molar-refractivity contribution is 0.0302. The molecule has 2 aliphatic heterocycles. The van der Waals surface area contributed by atoms with Gasteiger partial charge in [-0.25, -0.2) is 4.98 Å². The zero-order valence-electron chi connectivity index (χ0n) is 16.5. The third-order valence-corrected chi connectivity index (χ3v) is 5.51. The number of benzene rings is 1. The highest BCUT2D eigenvalue weighted by Crippen LogP contribution is 2.29. The summed E-state index contributed by atoms with van der Waals surface area (Å²) < 4.78 is 5.92. The van der Waals surface area contributed by atoms with E-state index in [0.29, 0.717) is 17.0 Å². The van der Waals surface area contributed by atoms with E-state index in [0.717, 1.165) is 48.4 Å². The quantitative estimate of drug-likeness (QED) is 0.536. The molecule has 2 unspecified atom stereocenters. The second kappa shape index (κ2) is 8.05. The summed E-state index contributed by atoms with van der Waals surface area (Å²) in [5.74, 6) is 0.878. The molecule has 2 aliphatic rings. The molecule has 2 atom stereocenters. The fraction of sp³-hybridized carbons (Fsp3) is 0.318. The van der Waals surface area contributed by atoms with Crippen LogP contribution in [0, 0.1) is 5.41 Å². The van der Waals surface area contributed by atoms with Gasteiger partial charge in [0.1, 0.15) is 5.82 Å². The van der Waals surface area contributed by atoms with Crippen molar-refractivity contribution in [3.8, 4) is 0 Å². The lowest BCUT2D eigenvalue weighted by Crippen LogP contribution is -2.43. The number of hydrogen-bond donors (Lipinski definition) is 3. The Hall–Kier alpha value is -3.19. The van der Waals surface area contributed by atoms with Gasteiger partial charge in [0.2, 0.25) is 0 Å². The van der Waals surface area contributed by atoms with Gasteiger partial charge in [-0.15, -0.1) is 0 Å². The van der Waals surface area contributed by atoms with E-state index in [1.807, 2.05) is 24.3 Å². The summed E-state index contributed by atoms with van der Waals surface area (Å²) in [6.45, 7) is 1.69. The zero-order valence-corrected chi connectivity index (χ0v) is 16.5. The number of nitrogens with one attached hydrogen (secondary N) is 1. The topological polar surface area (TPSA) is 114 Å². The van der Waals surface area contributed by atoms with Crippen LogP contribution in [0.15, 0.2) is 47.7 Å². The van der Waals surface area contributed by atoms with Crippen molar-refractivity contribution in [3.05, 3.63) is 59.4 Å². The summed E-state index contributed by atoms with van der Waals surface area (Å²) in [5, 5.41) is 8.78. The molecule has 7 heteroatoms. The Balaban J connectivity index is 1.63. The largest absolute Gasteiger partial charge is 0.404 e. The maximum absolute atomic E-state index is 8.78. The lowest BCUT2D eigenvalue weighted by Gasteiger charge is -2.33. The molecule has 1 aromatic heterocycles. The number of nitrogens with two attached hydrogens (primary N) is 2. The Bertz CT molecular complexity index is 971. The molecule has 0 spiro atoms. The van der Waals surface area contributed by atoms with Gasteiger partial charge < -0.3 is 21.1 Å². The summed E-state index contributed by atoms with van der Waals surface area (Å²) in [7, 11) is 1.69. The van der Waals surface area contributed by atoms with Gasteiger partial charge in [0.05, 0.1) is 17.9 Å². The van der Waals surface area contributed by atoms with Crippen LogP contribution in [0.2, 0.25) is 0 Å². The fourth-order valence-corrected chi connectivity index (χ4v) is 4.01. The summed E-state index contributed by atoms with van der Waals surface area (Å²) >= 11 is 0. The molecule has 29 heavy (non-hydrogen) atoms. The first-order chi connectivity index (χ1) is 14.1. The van der Waals surface area contributed by atoms with E-state index in [-0.39, 0.29) is 12.2 Å². The number of ether oxygens (including phenoxy) is 1. The van der Waals surface area contributed by atoms with Crippen LogP contribution in [-0.2, 0) is 4.74 Å². The molecule has 0 aliphatic carbocycles. The molecular formula is C22H26N6O. The predicted molar refractivity (Wildman–Crippen MR) is 118 cm³/mol. The first kappa shape index (κ1) is 19.1. The van der Waals surface area contributed by atoms with Gasteiger partial charge in [-0.3, -0.25) is 10.4 Å². The minimum Gasteiger partial charge on any atom is -0.404 e. The first-order valence-electron chi connectivity index (χ1n) is 9.78. The maximum Gasteiger partial charge on any atom is 0.129 e. The highest BCUT2D eigenvalue weighted by Gasteiger charge is 2.34. The van der Waals surface area contributed by atoms with Gasteiger partial charge in [0.25, 0.3) is 0 Å². The van der Waals surface area contributed by atoms with E-state index in [4.69, 9.17) is 21.6 Å². The number of fused-ring (bicyclic) bond motifs is 2. The maximum atomic E-state index is 8.78. The summed E-state index contributed by atoms with van der Waals surface area (Å²) in [4.78, 5) is 10.8. The number of anilines is 2. The van der Waals surface area contributed by atoms with Gasteiger partial charge in [-0.05, 0) is 42.7 Å². The van der Waals surface area contributed by atoms with Crippen molar-refractivity contribution in [2.75, 3.05) is 30.8 Å². The molecule has 3 heterocycles. The minimum absolute atomic E-state index is 0.285. The lowest BCUT2D eigenvalue weighted by atomic mass is 9.97. The summed E-state index contributed by atoms with van der Waals surface area (Å²) in [5.41, 5.74) is 15.9. The van der Waals surface area contributed by atoms with Gasteiger partial charge >= 0.3 is 0 Å². The van der Waals surface area contributed by atoms with Gasteiger partial charge in [-0.1, -0.05) is 6.07 Å². The van der Waals surface area contributed by atoms with Crippen molar-refractivity contribution >= 4 is 29.0 Å². The van der Waals surface area contributed by atoms with Crippen LogP contribution in [0.1, 0.15) is 29.5 Å². The Morgan fingerprint density at radius 1 is 1.21 bits per heavy atom. The molecule has 2 bridgehead atoms. The molecule has 7 nitrogen and oxygen atoms in total. The van der Waals surface area contributed by atoms with E-state index in [2.05, 4.69) is 14.9 Å². The van der Waals surface area contributed by atoms with Crippen LogP contribution < -0.4 is 16.4 Å². The second-order valence-corrected chi connectivity index (χ2v) is 7.45. The number of hydrogen-bond acceptors (Lipinski definition) is 7. The van der Waals surface area contributed by atoms with Gasteiger partial charge in [-0.2, -0.15) is 0 Å². The average Bonchev–Trinajstić information content (AvgIpc) is 3.09. The normalized spacial score (nSPS) is 21.7. The van der Waals surface area contributed by atoms with Crippen molar-refractivity contribution in [3.63, 3.8) is 0 Å². The predicted octanol–water partition coefficient (Wildman–Crippen LogP) is 2.45. The van der Waals surface area contributed by atoms with Crippen LogP contribution in [0.25, 0.3) is 5.57 Å². The third-order valence-electron chi connectivity index (χ3n) is 5.51. The molecule has 150 valence electrons.